The van der Waals surface area contributed by atoms with E-state index in [4.69, 9.17) is 0 Å². The lowest BCUT2D eigenvalue weighted by molar-refractivity contribution is -0.131. The minimum atomic E-state index is -0.484. The molecule has 3 rings (SSSR count). The molecule has 1 aliphatic heterocycles. The third-order valence-electron chi connectivity index (χ3n) is 6.57. The summed E-state index contributed by atoms with van der Waals surface area (Å²) in [6.45, 7) is 5.90. The molecule has 0 spiro atoms. The molecule has 1 saturated heterocycles. The van der Waals surface area contributed by atoms with Crippen molar-refractivity contribution >= 4 is 11.6 Å². The number of carbonyl (C=O) groups excluding carboxylic acids is 1. The number of piperidine rings is 1. The number of nitrogens with one attached hydrogen (secondary N) is 1. The van der Waals surface area contributed by atoms with Gasteiger partial charge in [-0.1, -0.05) is 18.2 Å². The number of anilines is 1. The predicted octanol–water partition coefficient (Wildman–Crippen LogP) is 2.62. The molecule has 1 heterocycles. The minimum Gasteiger partial charge on any atom is -0.393 e. The second-order valence-electron chi connectivity index (χ2n) is 8.57. The van der Waals surface area contributed by atoms with Crippen molar-refractivity contribution in [1.82, 2.24) is 10.2 Å². The maximum absolute atomic E-state index is 14.1. The molecule has 0 aromatic heterocycles. The van der Waals surface area contributed by atoms with Gasteiger partial charge in [-0.15, -0.1) is 0 Å². The van der Waals surface area contributed by atoms with E-state index in [1.807, 2.05) is 14.1 Å². The van der Waals surface area contributed by atoms with Gasteiger partial charge in [0.05, 0.1) is 6.10 Å². The molecule has 2 N–H and O–H groups in total. The Labute approximate surface area is 163 Å². The SMILES string of the molecule is Cc1cccc(C)c1N(C(=O)C1(N(C)C)CCNCC1)[C@@H]1CCC[C@@H](O)C1. The van der Waals surface area contributed by atoms with Gasteiger partial charge in [0.15, 0.2) is 0 Å². The van der Waals surface area contributed by atoms with Gasteiger partial charge in [0, 0.05) is 11.7 Å². The first kappa shape index (κ1) is 20.3. The quantitative estimate of drug-likeness (QED) is 0.852. The molecule has 0 unspecified atom stereocenters. The topological polar surface area (TPSA) is 55.8 Å². The first-order valence-electron chi connectivity index (χ1n) is 10.3. The van der Waals surface area contributed by atoms with Crippen LogP contribution in [0.1, 0.15) is 49.7 Å². The van der Waals surface area contributed by atoms with Crippen molar-refractivity contribution in [2.24, 2.45) is 0 Å². The number of nitrogens with zero attached hydrogens (tertiary/aromatic N) is 2. The van der Waals surface area contributed by atoms with Crippen LogP contribution in [0.2, 0.25) is 0 Å². The highest BCUT2D eigenvalue weighted by Crippen LogP contribution is 2.37. The predicted molar refractivity (Wildman–Crippen MR) is 110 cm³/mol. The van der Waals surface area contributed by atoms with Crippen LogP contribution in [-0.2, 0) is 4.79 Å². The number of aliphatic hydroxyl groups excluding tert-OH is 1. The van der Waals surface area contributed by atoms with Gasteiger partial charge >= 0.3 is 0 Å². The van der Waals surface area contributed by atoms with Crippen LogP contribution in [0.4, 0.5) is 5.69 Å². The Hall–Kier alpha value is -1.43. The van der Waals surface area contributed by atoms with Gasteiger partial charge in [-0.25, -0.2) is 0 Å². The van der Waals surface area contributed by atoms with E-state index in [0.29, 0.717) is 6.42 Å². The Morgan fingerprint density at radius 3 is 2.33 bits per heavy atom. The molecule has 2 fully saturated rings. The van der Waals surface area contributed by atoms with Crippen LogP contribution < -0.4 is 10.2 Å². The van der Waals surface area contributed by atoms with Gasteiger partial charge < -0.3 is 15.3 Å². The molecule has 2 atom stereocenters. The van der Waals surface area contributed by atoms with E-state index in [0.717, 1.165) is 62.0 Å². The molecule has 1 aliphatic carbocycles. The smallest absolute Gasteiger partial charge is 0.247 e. The largest absolute Gasteiger partial charge is 0.393 e. The lowest BCUT2D eigenvalue weighted by Crippen LogP contribution is -2.63. The Balaban J connectivity index is 2.07. The number of likely N-dealkylation sites (N-methyl/N-ethyl adjacent to an activating group) is 1. The average molecular weight is 374 g/mol. The van der Waals surface area contributed by atoms with Gasteiger partial charge in [0.1, 0.15) is 5.54 Å². The van der Waals surface area contributed by atoms with Crippen molar-refractivity contribution in [3.63, 3.8) is 0 Å². The lowest BCUT2D eigenvalue weighted by Gasteiger charge is -2.47. The second-order valence-corrected chi connectivity index (χ2v) is 8.57. The maximum atomic E-state index is 14.1. The third-order valence-corrected chi connectivity index (χ3v) is 6.57. The number of carbonyl (C=O) groups is 1. The zero-order valence-electron chi connectivity index (χ0n) is 17.3. The Kier molecular flexibility index (Phi) is 6.24. The number of aryl methyl sites for hydroxylation is 2. The first-order valence-corrected chi connectivity index (χ1v) is 10.3. The number of hydrogen-bond donors (Lipinski definition) is 2. The van der Waals surface area contributed by atoms with Crippen LogP contribution in [-0.4, -0.2) is 60.8 Å². The van der Waals surface area contributed by atoms with Crippen LogP contribution in [0.3, 0.4) is 0 Å². The van der Waals surface area contributed by atoms with E-state index >= 15 is 0 Å². The molecule has 1 aromatic rings. The van der Waals surface area contributed by atoms with Crippen molar-refractivity contribution in [3.8, 4) is 0 Å². The van der Waals surface area contributed by atoms with Gasteiger partial charge in [-0.05, 0) is 90.7 Å². The van der Waals surface area contributed by atoms with Gasteiger partial charge in [-0.3, -0.25) is 9.69 Å². The summed E-state index contributed by atoms with van der Waals surface area (Å²) in [5.41, 5.74) is 2.82. The number of aliphatic hydroxyl groups is 1. The Morgan fingerprint density at radius 2 is 1.78 bits per heavy atom. The summed E-state index contributed by atoms with van der Waals surface area (Å²) in [4.78, 5) is 18.3. The minimum absolute atomic E-state index is 0.0627. The molecule has 1 amide bonds. The van der Waals surface area contributed by atoms with Gasteiger partial charge in [0.2, 0.25) is 5.91 Å². The third kappa shape index (κ3) is 3.91. The van der Waals surface area contributed by atoms with E-state index in [-0.39, 0.29) is 18.1 Å². The summed E-state index contributed by atoms with van der Waals surface area (Å²) < 4.78 is 0. The Bertz CT molecular complexity index is 647. The normalized spacial score (nSPS) is 25.4. The summed E-state index contributed by atoms with van der Waals surface area (Å²) in [6, 6.07) is 6.30. The fourth-order valence-electron chi connectivity index (χ4n) is 4.93. The molecule has 2 aliphatic rings. The van der Waals surface area contributed by atoms with E-state index in [1.165, 1.54) is 0 Å². The number of benzene rings is 1. The van der Waals surface area contributed by atoms with Crippen LogP contribution >= 0.6 is 0 Å². The number of hydrogen-bond acceptors (Lipinski definition) is 4. The van der Waals surface area contributed by atoms with Crippen molar-refractivity contribution in [1.29, 1.82) is 0 Å². The van der Waals surface area contributed by atoms with Crippen LogP contribution in [0.15, 0.2) is 18.2 Å². The molecule has 0 radical (unpaired) electrons. The van der Waals surface area contributed by atoms with Crippen molar-refractivity contribution in [2.45, 2.75) is 70.1 Å². The van der Waals surface area contributed by atoms with Gasteiger partial charge in [0.25, 0.3) is 0 Å². The van der Waals surface area contributed by atoms with Crippen molar-refractivity contribution in [2.75, 3.05) is 32.1 Å². The highest BCUT2D eigenvalue weighted by atomic mass is 16.3. The number of para-hydroxylation sites is 1. The van der Waals surface area contributed by atoms with Crippen LogP contribution in [0.5, 0.6) is 0 Å². The van der Waals surface area contributed by atoms with E-state index in [2.05, 4.69) is 47.2 Å². The molecule has 1 saturated carbocycles. The molecule has 27 heavy (non-hydrogen) atoms. The van der Waals surface area contributed by atoms with E-state index in [9.17, 15) is 9.90 Å². The maximum Gasteiger partial charge on any atom is 0.247 e. The molecule has 0 bridgehead atoms. The summed E-state index contributed by atoms with van der Waals surface area (Å²) in [5, 5.41) is 13.7. The monoisotopic (exact) mass is 373 g/mol. The number of rotatable bonds is 4. The standard InChI is InChI=1S/C22H35N3O2/c1-16-7-5-8-17(2)20(16)25(18-9-6-10-19(26)15-18)21(27)22(24(3)4)11-13-23-14-12-22/h5,7-8,18-19,23,26H,6,9-15H2,1-4H3/t18-,19-/m1/s1. The second kappa shape index (κ2) is 8.29. The van der Waals surface area contributed by atoms with Crippen molar-refractivity contribution in [3.05, 3.63) is 29.3 Å². The fourth-order valence-corrected chi connectivity index (χ4v) is 4.93. The van der Waals surface area contributed by atoms with Gasteiger partial charge in [-0.2, -0.15) is 0 Å². The zero-order chi connectivity index (χ0) is 19.6. The summed E-state index contributed by atoms with van der Waals surface area (Å²) in [6.07, 6.45) is 4.75. The summed E-state index contributed by atoms with van der Waals surface area (Å²) in [5.74, 6) is 0.200. The molecule has 5 nitrogen and oxygen atoms in total. The zero-order valence-corrected chi connectivity index (χ0v) is 17.3. The van der Waals surface area contributed by atoms with Crippen LogP contribution in [0.25, 0.3) is 0 Å². The average Bonchev–Trinajstić information content (AvgIpc) is 2.64. The van der Waals surface area contributed by atoms with E-state index in [1.54, 1.807) is 0 Å². The Morgan fingerprint density at radius 1 is 1.15 bits per heavy atom. The van der Waals surface area contributed by atoms with E-state index < -0.39 is 5.54 Å². The molecular weight excluding hydrogens is 338 g/mol. The molecule has 1 aromatic carbocycles. The highest BCUT2D eigenvalue weighted by molar-refractivity contribution is 6.02. The highest BCUT2D eigenvalue weighted by Gasteiger charge is 2.47. The molecular formula is C22H35N3O2. The van der Waals surface area contributed by atoms with Crippen LogP contribution in [0, 0.1) is 13.8 Å². The summed E-state index contributed by atoms with van der Waals surface area (Å²) in [7, 11) is 4.06. The fraction of sp³-hybridized carbons (Fsp3) is 0.682. The molecule has 150 valence electrons. The lowest BCUT2D eigenvalue weighted by atomic mass is 9.83. The first-order chi connectivity index (χ1) is 12.9. The molecule has 5 heteroatoms. The summed E-state index contributed by atoms with van der Waals surface area (Å²) >= 11 is 0. The van der Waals surface area contributed by atoms with Crippen molar-refractivity contribution < 1.29 is 9.90 Å². The number of amides is 1.